The van der Waals surface area contributed by atoms with Crippen molar-refractivity contribution in [3.63, 3.8) is 0 Å². The highest BCUT2D eigenvalue weighted by Crippen LogP contribution is 2.38. The van der Waals surface area contributed by atoms with Crippen LogP contribution < -0.4 is 10.8 Å². The minimum Gasteiger partial charge on any atom is -0.382 e. The molecule has 2 heterocycles. The second kappa shape index (κ2) is 6.54. The molecule has 0 aromatic carbocycles. The molecule has 1 atom stereocenters. The van der Waals surface area contributed by atoms with E-state index in [-0.39, 0.29) is 0 Å². The van der Waals surface area contributed by atoms with Crippen molar-refractivity contribution < 1.29 is 27.5 Å². The summed E-state index contributed by atoms with van der Waals surface area (Å²) in [5, 5.41) is 3.24. The van der Waals surface area contributed by atoms with Gasteiger partial charge < -0.3 is 19.6 Å². The van der Waals surface area contributed by atoms with E-state index in [1.54, 1.807) is 12.2 Å². The standard InChI is InChI=1S/C15H19F3N2O3/c16-15(17,18)10-22-14(21-9-11-3-6-19-7-4-11)5-1-2-13-12(14)8-20-23-13/h1-2,5,8,11,19-20H,3-4,6-7,9-10H2. The summed E-state index contributed by atoms with van der Waals surface area (Å²) in [7, 11) is 0. The molecule has 3 aliphatic rings. The first-order valence-electron chi connectivity index (χ1n) is 7.57. The maximum absolute atomic E-state index is 12.6. The van der Waals surface area contributed by atoms with E-state index in [1.165, 1.54) is 12.3 Å². The van der Waals surface area contributed by atoms with Gasteiger partial charge >= 0.3 is 6.18 Å². The van der Waals surface area contributed by atoms with Crippen molar-refractivity contribution in [3.05, 3.63) is 35.8 Å². The van der Waals surface area contributed by atoms with Crippen LogP contribution in [0.2, 0.25) is 0 Å². The summed E-state index contributed by atoms with van der Waals surface area (Å²) in [5.41, 5.74) is 2.95. The van der Waals surface area contributed by atoms with Crippen LogP contribution in [0.5, 0.6) is 0 Å². The number of alkyl halides is 3. The molecule has 1 saturated heterocycles. The van der Waals surface area contributed by atoms with Gasteiger partial charge in [-0.1, -0.05) is 6.08 Å². The Morgan fingerprint density at radius 1 is 1.26 bits per heavy atom. The van der Waals surface area contributed by atoms with E-state index in [4.69, 9.17) is 14.3 Å². The highest BCUT2D eigenvalue weighted by Gasteiger charge is 2.44. The highest BCUT2D eigenvalue weighted by molar-refractivity contribution is 5.44. The molecule has 0 amide bonds. The van der Waals surface area contributed by atoms with E-state index in [9.17, 15) is 13.2 Å². The molecule has 8 heteroatoms. The van der Waals surface area contributed by atoms with Gasteiger partial charge in [0.2, 0.25) is 5.79 Å². The number of halogens is 3. The summed E-state index contributed by atoms with van der Waals surface area (Å²) in [6.07, 6.45) is 3.60. The highest BCUT2D eigenvalue weighted by atomic mass is 19.4. The summed E-state index contributed by atoms with van der Waals surface area (Å²) in [4.78, 5) is 5.15. The number of allylic oxidation sites excluding steroid dienone is 2. The summed E-state index contributed by atoms with van der Waals surface area (Å²) >= 11 is 0. The Bertz CT molecular complexity index is 525. The molecule has 2 N–H and O–H groups in total. The van der Waals surface area contributed by atoms with E-state index < -0.39 is 18.6 Å². The van der Waals surface area contributed by atoms with Crippen molar-refractivity contribution >= 4 is 0 Å². The van der Waals surface area contributed by atoms with Crippen molar-refractivity contribution in [1.82, 2.24) is 10.8 Å². The Labute approximate surface area is 132 Å². The molecule has 5 nitrogen and oxygen atoms in total. The van der Waals surface area contributed by atoms with Crippen LogP contribution in [0.25, 0.3) is 0 Å². The van der Waals surface area contributed by atoms with Crippen molar-refractivity contribution in [2.45, 2.75) is 24.8 Å². The lowest BCUT2D eigenvalue weighted by Gasteiger charge is -2.35. The number of hydrogen-bond acceptors (Lipinski definition) is 5. The third kappa shape index (κ3) is 3.88. The topological polar surface area (TPSA) is 51.8 Å². The van der Waals surface area contributed by atoms with Gasteiger partial charge in [-0.15, -0.1) is 0 Å². The molecule has 0 aromatic heterocycles. The average molecular weight is 332 g/mol. The number of fused-ring (bicyclic) bond motifs is 1. The van der Waals surface area contributed by atoms with Crippen LogP contribution in [-0.4, -0.2) is 38.3 Å². The minimum absolute atomic E-state index is 0.293. The van der Waals surface area contributed by atoms with Crippen LogP contribution in [-0.2, 0) is 14.3 Å². The molecule has 128 valence electrons. The van der Waals surface area contributed by atoms with Gasteiger partial charge in [-0.05, 0) is 44.0 Å². The zero-order chi connectivity index (χ0) is 16.3. The first kappa shape index (κ1) is 16.4. The van der Waals surface area contributed by atoms with E-state index >= 15 is 0 Å². The Morgan fingerprint density at radius 3 is 2.78 bits per heavy atom. The SMILES string of the molecule is FC(F)(F)COC1(OCC2CCNCC2)C=CC=C2ONC=C21. The zero-order valence-corrected chi connectivity index (χ0v) is 12.5. The van der Waals surface area contributed by atoms with Crippen LogP contribution in [0.15, 0.2) is 35.8 Å². The van der Waals surface area contributed by atoms with E-state index in [1.807, 2.05) is 0 Å². The van der Waals surface area contributed by atoms with Crippen LogP contribution in [0, 0.1) is 5.92 Å². The van der Waals surface area contributed by atoms with Crippen LogP contribution in [0.3, 0.4) is 0 Å². The maximum Gasteiger partial charge on any atom is 0.411 e. The molecule has 3 rings (SSSR count). The third-order valence-electron chi connectivity index (χ3n) is 4.02. The first-order chi connectivity index (χ1) is 11.0. The lowest BCUT2D eigenvalue weighted by Crippen LogP contribution is -2.42. The first-order valence-corrected chi connectivity index (χ1v) is 7.57. The predicted octanol–water partition coefficient (Wildman–Crippen LogP) is 2.15. The molecule has 1 unspecified atom stereocenters. The monoisotopic (exact) mass is 332 g/mol. The van der Waals surface area contributed by atoms with Gasteiger partial charge in [-0.2, -0.15) is 13.2 Å². The van der Waals surface area contributed by atoms with Crippen molar-refractivity contribution in [1.29, 1.82) is 0 Å². The summed E-state index contributed by atoms with van der Waals surface area (Å²) < 4.78 is 48.9. The molecule has 0 spiro atoms. The number of nitrogens with one attached hydrogen (secondary N) is 2. The van der Waals surface area contributed by atoms with Gasteiger partial charge in [0.15, 0.2) is 5.76 Å². The molecular weight excluding hydrogens is 313 g/mol. The Morgan fingerprint density at radius 2 is 2.04 bits per heavy atom. The van der Waals surface area contributed by atoms with E-state index in [0.29, 0.717) is 23.9 Å². The fraction of sp³-hybridized carbons (Fsp3) is 0.600. The molecule has 0 radical (unpaired) electrons. The Balaban J connectivity index is 1.73. The molecule has 0 saturated carbocycles. The van der Waals surface area contributed by atoms with Crippen molar-refractivity contribution in [2.75, 3.05) is 26.3 Å². The van der Waals surface area contributed by atoms with Crippen LogP contribution >= 0.6 is 0 Å². The normalized spacial score (nSPS) is 27.8. The van der Waals surface area contributed by atoms with Gasteiger partial charge in [0.05, 0.1) is 12.2 Å². The van der Waals surface area contributed by atoms with Gasteiger partial charge in [0.1, 0.15) is 6.61 Å². The van der Waals surface area contributed by atoms with Gasteiger partial charge in [-0.3, -0.25) is 0 Å². The fourth-order valence-corrected chi connectivity index (χ4v) is 2.80. The lowest BCUT2D eigenvalue weighted by molar-refractivity contribution is -0.251. The van der Waals surface area contributed by atoms with Crippen LogP contribution in [0.4, 0.5) is 13.2 Å². The average Bonchev–Trinajstić information content (AvgIpc) is 3.01. The second-order valence-electron chi connectivity index (χ2n) is 5.74. The van der Waals surface area contributed by atoms with Crippen molar-refractivity contribution in [2.24, 2.45) is 5.92 Å². The van der Waals surface area contributed by atoms with Crippen molar-refractivity contribution in [3.8, 4) is 0 Å². The molecular formula is C15H19F3N2O3. The Kier molecular flexibility index (Phi) is 4.65. The van der Waals surface area contributed by atoms with Crippen LogP contribution in [0.1, 0.15) is 12.8 Å². The summed E-state index contributed by atoms with van der Waals surface area (Å²) in [6, 6.07) is 0. The van der Waals surface area contributed by atoms with Gasteiger partial charge in [-0.25, -0.2) is 5.48 Å². The largest absolute Gasteiger partial charge is 0.411 e. The number of hydroxylamine groups is 1. The summed E-state index contributed by atoms with van der Waals surface area (Å²) in [5.74, 6) is -0.880. The number of piperidine rings is 1. The smallest absolute Gasteiger partial charge is 0.382 e. The van der Waals surface area contributed by atoms with E-state index in [0.717, 1.165) is 25.9 Å². The fourth-order valence-electron chi connectivity index (χ4n) is 2.80. The van der Waals surface area contributed by atoms with Gasteiger partial charge in [0, 0.05) is 6.20 Å². The minimum atomic E-state index is -4.44. The zero-order valence-electron chi connectivity index (χ0n) is 12.5. The molecule has 1 aliphatic carbocycles. The van der Waals surface area contributed by atoms with E-state index in [2.05, 4.69) is 10.8 Å². The number of ether oxygens (including phenoxy) is 2. The molecule has 0 bridgehead atoms. The lowest BCUT2D eigenvalue weighted by atomic mass is 9.97. The third-order valence-corrected chi connectivity index (χ3v) is 4.02. The number of hydrogen-bond donors (Lipinski definition) is 2. The summed E-state index contributed by atoms with van der Waals surface area (Å²) in [6.45, 7) is 0.709. The predicted molar refractivity (Wildman–Crippen MR) is 75.8 cm³/mol. The quantitative estimate of drug-likeness (QED) is 0.756. The molecule has 0 aromatic rings. The Hall–Kier alpha value is -1.51. The van der Waals surface area contributed by atoms with Gasteiger partial charge in [0.25, 0.3) is 0 Å². The molecule has 23 heavy (non-hydrogen) atoms. The molecule has 2 aliphatic heterocycles. The molecule has 1 fully saturated rings. The maximum atomic E-state index is 12.6. The number of rotatable bonds is 5. The second-order valence-corrected chi connectivity index (χ2v) is 5.74.